The van der Waals surface area contributed by atoms with Crippen molar-refractivity contribution in [1.29, 1.82) is 0 Å². The second-order valence-corrected chi connectivity index (χ2v) is 15.5. The van der Waals surface area contributed by atoms with Crippen molar-refractivity contribution in [3.05, 3.63) is 0 Å². The van der Waals surface area contributed by atoms with Crippen molar-refractivity contribution in [2.45, 2.75) is 159 Å². The summed E-state index contributed by atoms with van der Waals surface area (Å²) in [6.45, 7) is 2.04. The number of hydrazine groups is 1. The smallest absolute Gasteiger partial charge is 0.326 e. The highest BCUT2D eigenvalue weighted by Crippen LogP contribution is 2.25. The second kappa shape index (κ2) is 39.1. The maximum Gasteiger partial charge on any atom is 0.326 e. The van der Waals surface area contributed by atoms with Gasteiger partial charge in [-0.05, 0) is 38.5 Å². The van der Waals surface area contributed by atoms with Gasteiger partial charge in [0.1, 0.15) is 25.4 Å². The zero-order valence-corrected chi connectivity index (χ0v) is 36.8. The molecule has 1 fully saturated rings. The third kappa shape index (κ3) is 35.0. The molecule has 360 valence electrons. The van der Waals surface area contributed by atoms with E-state index in [0.29, 0.717) is 13.0 Å². The van der Waals surface area contributed by atoms with Crippen LogP contribution in [0.5, 0.6) is 0 Å². The number of carbonyl (C=O) groups excluding carboxylic acids is 4. The molecule has 1 aliphatic rings. The summed E-state index contributed by atoms with van der Waals surface area (Å²) >= 11 is 0. The van der Waals surface area contributed by atoms with Gasteiger partial charge in [-0.25, -0.2) is 4.79 Å². The van der Waals surface area contributed by atoms with E-state index in [2.05, 4.69) is 26.7 Å². The molecule has 1 heterocycles. The molecular weight excluding hydrogens is 812 g/mol. The van der Waals surface area contributed by atoms with E-state index in [0.717, 1.165) is 57.8 Å². The van der Waals surface area contributed by atoms with Gasteiger partial charge < -0.3 is 60.3 Å². The maximum absolute atomic E-state index is 12.3. The summed E-state index contributed by atoms with van der Waals surface area (Å²) in [6, 6.07) is -1.26. The minimum atomic E-state index is -1.18. The van der Waals surface area contributed by atoms with Crippen LogP contribution in [0.25, 0.3) is 0 Å². The fourth-order valence-corrected chi connectivity index (χ4v) is 6.44. The zero-order valence-electron chi connectivity index (χ0n) is 36.8. The fraction of sp³-hybridized carbons (Fsp3) is 0.857. The van der Waals surface area contributed by atoms with Crippen molar-refractivity contribution in [2.24, 2.45) is 5.84 Å². The molecule has 20 nitrogen and oxygen atoms in total. The number of nitrogens with two attached hydrogens (primary N) is 1. The predicted octanol–water partition coefficient (Wildman–Crippen LogP) is 1.80. The molecule has 0 saturated carbocycles. The fourth-order valence-electron chi connectivity index (χ4n) is 6.44. The minimum Gasteiger partial charge on any atom is -0.481 e. The van der Waals surface area contributed by atoms with E-state index in [1.165, 1.54) is 44.9 Å². The van der Waals surface area contributed by atoms with Gasteiger partial charge >= 0.3 is 11.9 Å². The van der Waals surface area contributed by atoms with Crippen molar-refractivity contribution < 1.29 is 67.8 Å². The van der Waals surface area contributed by atoms with Crippen LogP contribution in [-0.2, 0) is 52.5 Å². The van der Waals surface area contributed by atoms with Gasteiger partial charge in [0, 0.05) is 38.9 Å². The molecule has 62 heavy (non-hydrogen) atoms. The third-order valence-corrected chi connectivity index (χ3v) is 10.1. The zero-order chi connectivity index (χ0) is 45.5. The van der Waals surface area contributed by atoms with Crippen LogP contribution < -0.4 is 32.5 Å². The first-order valence-electron chi connectivity index (χ1n) is 22.7. The van der Waals surface area contributed by atoms with Crippen LogP contribution in [0.4, 0.5) is 0 Å². The van der Waals surface area contributed by atoms with Crippen molar-refractivity contribution in [3.8, 4) is 0 Å². The highest BCUT2D eigenvalue weighted by Gasteiger charge is 2.42. The molecule has 1 aliphatic heterocycles. The molecule has 0 aromatic rings. The molecule has 0 aromatic carbocycles. The lowest BCUT2D eigenvalue weighted by Crippen LogP contribution is -2.41. The molecule has 10 N–H and O–H groups in total. The molecule has 4 amide bonds. The number of rotatable bonds is 45. The Bertz CT molecular complexity index is 1220. The normalized spacial score (nSPS) is 15.4. The Morgan fingerprint density at radius 3 is 1.44 bits per heavy atom. The first-order chi connectivity index (χ1) is 30.0. The molecule has 0 spiro atoms. The monoisotopic (exact) mass is 891 g/mol. The Labute approximate surface area is 367 Å². The number of carboxylic acid groups (broad SMARTS) is 2. The average molecular weight is 891 g/mol. The first kappa shape index (κ1) is 56.5. The highest BCUT2D eigenvalue weighted by molar-refractivity contribution is 5.84. The molecule has 0 aliphatic carbocycles. The van der Waals surface area contributed by atoms with Crippen molar-refractivity contribution in [3.63, 3.8) is 0 Å². The van der Waals surface area contributed by atoms with Crippen molar-refractivity contribution in [1.82, 2.24) is 26.7 Å². The average Bonchev–Trinajstić information content (AvgIpc) is 3.97. The number of carbonyl (C=O) groups is 6. The van der Waals surface area contributed by atoms with Crippen LogP contribution >= 0.6 is 0 Å². The quantitative estimate of drug-likeness (QED) is 0.0182. The summed E-state index contributed by atoms with van der Waals surface area (Å²) < 4.78 is 26.3. The SMILES string of the molecule is NNC(CCCCNC(=O)COCCOCCNC(=O)COCCOCCNC(=O)CCC(NC(=O)CCCCCCCCCCCCCCCCC(=O)O)C(=O)O)C1OC1O. The van der Waals surface area contributed by atoms with E-state index < -0.39 is 24.3 Å². The molecule has 0 bridgehead atoms. The number of ether oxygens (including phenoxy) is 5. The molecule has 0 aromatic heterocycles. The standard InChI is InChI=1S/C42H78N6O14/c43-48-33(40-42(57)62-40)17-15-16-22-44-37(51)31-60-29-28-59-26-24-46-38(52)32-61-30-27-58-25-23-45-35(49)21-20-34(41(55)56)47-36(50)18-13-11-9-7-5-3-1-2-4-6-8-10-12-14-19-39(53)54/h33-34,40,42,48,57H,1-32,43H2,(H,44,51)(H,45,49)(H,46,52)(H,47,50)(H,53,54)(H,55,56). The number of carboxylic acids is 2. The molecule has 0 radical (unpaired) electrons. The van der Waals surface area contributed by atoms with E-state index in [1.807, 2.05) is 0 Å². The molecule has 1 rings (SSSR count). The maximum atomic E-state index is 12.3. The number of aliphatic carboxylic acids is 2. The number of amides is 4. The Morgan fingerprint density at radius 2 is 0.968 bits per heavy atom. The molecule has 1 saturated heterocycles. The van der Waals surface area contributed by atoms with Gasteiger partial charge in [0.15, 0.2) is 6.29 Å². The number of unbranched alkanes of at least 4 members (excludes halogenated alkanes) is 14. The van der Waals surface area contributed by atoms with Crippen LogP contribution in [0.15, 0.2) is 0 Å². The van der Waals surface area contributed by atoms with E-state index in [1.54, 1.807) is 0 Å². The van der Waals surface area contributed by atoms with Crippen LogP contribution in [0.1, 0.15) is 135 Å². The summed E-state index contributed by atoms with van der Waals surface area (Å²) in [5.74, 6) is 2.32. The van der Waals surface area contributed by atoms with Gasteiger partial charge in [0.2, 0.25) is 23.6 Å². The van der Waals surface area contributed by atoms with Gasteiger partial charge in [0.05, 0.1) is 45.7 Å². The number of hydrogen-bond donors (Lipinski definition) is 9. The second-order valence-electron chi connectivity index (χ2n) is 15.5. The van der Waals surface area contributed by atoms with E-state index >= 15 is 0 Å². The Kier molecular flexibility index (Phi) is 35.7. The molecule has 4 atom stereocenters. The number of epoxide rings is 1. The molecule has 4 unspecified atom stereocenters. The van der Waals surface area contributed by atoms with Gasteiger partial charge in [-0.2, -0.15) is 0 Å². The number of aliphatic hydroxyl groups excluding tert-OH is 1. The largest absolute Gasteiger partial charge is 0.481 e. The summed E-state index contributed by atoms with van der Waals surface area (Å²) in [5.41, 5.74) is 2.63. The minimum absolute atomic E-state index is 0.0278. The highest BCUT2D eigenvalue weighted by atomic mass is 16.7. The van der Waals surface area contributed by atoms with Gasteiger partial charge in [0.25, 0.3) is 0 Å². The van der Waals surface area contributed by atoms with E-state index in [9.17, 15) is 39.0 Å². The van der Waals surface area contributed by atoms with Crippen LogP contribution in [-0.4, -0.2) is 148 Å². The third-order valence-electron chi connectivity index (χ3n) is 10.1. The summed E-state index contributed by atoms with van der Waals surface area (Å²) in [6.07, 6.45) is 16.7. The van der Waals surface area contributed by atoms with Crippen molar-refractivity contribution >= 4 is 35.6 Å². The lowest BCUT2D eigenvalue weighted by Gasteiger charge is -2.14. The van der Waals surface area contributed by atoms with Crippen LogP contribution in [0, 0.1) is 0 Å². The van der Waals surface area contributed by atoms with Crippen molar-refractivity contribution in [2.75, 3.05) is 72.5 Å². The summed E-state index contributed by atoms with van der Waals surface area (Å²) in [5, 5.41) is 38.1. The topological polar surface area (TPSA) is 299 Å². The number of hydrogen-bond acceptors (Lipinski definition) is 14. The summed E-state index contributed by atoms with van der Waals surface area (Å²) in [4.78, 5) is 70.5. The van der Waals surface area contributed by atoms with Crippen LogP contribution in [0.3, 0.4) is 0 Å². The lowest BCUT2D eigenvalue weighted by atomic mass is 10.0. The Balaban J connectivity index is 1.88. The molecular formula is C42H78N6O14. The van der Waals surface area contributed by atoms with Gasteiger partial charge in [-0.1, -0.05) is 77.0 Å². The van der Waals surface area contributed by atoms with Gasteiger partial charge in [-0.3, -0.25) is 35.2 Å². The predicted molar refractivity (Wildman–Crippen MR) is 228 cm³/mol. The lowest BCUT2D eigenvalue weighted by molar-refractivity contribution is -0.142. The van der Waals surface area contributed by atoms with E-state index in [4.69, 9.17) is 34.6 Å². The van der Waals surface area contributed by atoms with Crippen LogP contribution in [0.2, 0.25) is 0 Å². The number of aliphatic hydroxyl groups is 1. The first-order valence-corrected chi connectivity index (χ1v) is 22.7. The Morgan fingerprint density at radius 1 is 0.516 bits per heavy atom. The molecule has 20 heteroatoms. The van der Waals surface area contributed by atoms with E-state index in [-0.39, 0.29) is 127 Å². The van der Waals surface area contributed by atoms with Gasteiger partial charge in [-0.15, -0.1) is 0 Å². The Hall–Kier alpha value is -3.50. The summed E-state index contributed by atoms with van der Waals surface area (Å²) in [7, 11) is 0. The number of nitrogens with one attached hydrogen (secondary N) is 5.